The second-order valence-electron chi connectivity index (χ2n) is 14.3. The van der Waals surface area contributed by atoms with Crippen molar-refractivity contribution in [3.05, 3.63) is 53.6 Å². The van der Waals surface area contributed by atoms with Crippen molar-refractivity contribution in [2.45, 2.75) is 199 Å². The average molecular weight is 769 g/mol. The topological polar surface area (TPSA) is 110 Å². The molecule has 0 fully saturated rings. The Bertz CT molecular complexity index is 1210. The van der Waals surface area contributed by atoms with Crippen LogP contribution in [-0.2, 0) is 19.6 Å². The fourth-order valence-corrected chi connectivity index (χ4v) is 6.96. The summed E-state index contributed by atoms with van der Waals surface area (Å²) in [7, 11) is -4.81. The quantitative estimate of drug-likeness (QED) is 0.0222. The fraction of sp³-hybridized carbons (Fsp3) is 0.727. The van der Waals surface area contributed by atoms with Gasteiger partial charge >= 0.3 is 41.5 Å². The summed E-state index contributed by atoms with van der Waals surface area (Å²) in [6.45, 7) is 4.53. The van der Waals surface area contributed by atoms with Gasteiger partial charge in [0, 0.05) is 0 Å². The molecule has 0 heterocycles. The summed E-state index contributed by atoms with van der Waals surface area (Å²) < 4.78 is 45.7. The molecule has 0 saturated heterocycles. The number of carbonyl (C=O) groups excluding carboxylic acids is 2. The van der Waals surface area contributed by atoms with Crippen molar-refractivity contribution in [3.63, 3.8) is 0 Å². The Morgan fingerprint density at radius 2 is 0.811 bits per heavy atom. The summed E-state index contributed by atoms with van der Waals surface area (Å²) in [6, 6.07) is 3.14. The van der Waals surface area contributed by atoms with Crippen LogP contribution in [0, 0.1) is 0 Å². The van der Waals surface area contributed by atoms with Gasteiger partial charge in [-0.1, -0.05) is 166 Å². The smallest absolute Gasteiger partial charge is 0.744 e. The average Bonchev–Trinajstić information content (AvgIpc) is 3.13. The molecule has 1 aromatic carbocycles. The third-order valence-electron chi connectivity index (χ3n) is 9.69. The molecule has 0 bridgehead atoms. The van der Waals surface area contributed by atoms with Gasteiger partial charge < -0.3 is 14.0 Å². The zero-order valence-corrected chi connectivity index (χ0v) is 36.8. The molecular formula is C44H73NaO7S. The largest absolute Gasteiger partial charge is 1.00 e. The summed E-state index contributed by atoms with van der Waals surface area (Å²) in [5, 5.41) is 0. The molecule has 0 aliphatic rings. The number of carbonyl (C=O) groups is 2. The standard InChI is InChI=1S/C44H74O7S.Na/c1-3-5-7-9-11-13-15-17-19-21-23-25-27-29-31-33-37-50-43(45)41-36-35-40(52(47,48)49)39-42(41)44(46)51-38-34-32-30-28-26-24-22-20-18-16-14-12-10-8-6-4-2;/h3-6,35-36,39H,7-34,37-38H2,1-2H3,(H,47,48,49);/q;+1/p-1/b5-3+,6-4+;. The summed E-state index contributed by atoms with van der Waals surface area (Å²) >= 11 is 0. The molecular weight excluding hydrogens is 696 g/mol. The van der Waals surface area contributed by atoms with E-state index in [4.69, 9.17) is 9.47 Å². The Hall–Kier alpha value is -1.45. The van der Waals surface area contributed by atoms with E-state index in [0.717, 1.165) is 50.7 Å². The molecule has 1 rings (SSSR count). The number of hydrogen-bond donors (Lipinski definition) is 0. The molecule has 0 aliphatic heterocycles. The van der Waals surface area contributed by atoms with Gasteiger partial charge in [-0.25, -0.2) is 18.0 Å². The molecule has 0 N–H and O–H groups in total. The Kier molecular flexibility index (Phi) is 35.2. The first-order valence-electron chi connectivity index (χ1n) is 21.0. The van der Waals surface area contributed by atoms with Crippen LogP contribution in [0.25, 0.3) is 0 Å². The molecule has 9 heteroatoms. The van der Waals surface area contributed by atoms with Crippen molar-refractivity contribution < 1.29 is 61.6 Å². The summed E-state index contributed by atoms with van der Waals surface area (Å²) in [4.78, 5) is 25.2. The van der Waals surface area contributed by atoms with Gasteiger partial charge in [-0.3, -0.25) is 0 Å². The molecule has 53 heavy (non-hydrogen) atoms. The van der Waals surface area contributed by atoms with E-state index in [1.54, 1.807) is 0 Å². The van der Waals surface area contributed by atoms with Gasteiger partial charge in [0.15, 0.2) is 0 Å². The fourth-order valence-electron chi connectivity index (χ4n) is 6.46. The van der Waals surface area contributed by atoms with Crippen molar-refractivity contribution in [3.8, 4) is 0 Å². The van der Waals surface area contributed by atoms with E-state index in [0.29, 0.717) is 12.8 Å². The number of hydrogen-bond acceptors (Lipinski definition) is 7. The van der Waals surface area contributed by atoms with Crippen molar-refractivity contribution in [1.82, 2.24) is 0 Å². The summed E-state index contributed by atoms with van der Waals surface area (Å²) in [5.41, 5.74) is -0.338. The Morgan fingerprint density at radius 3 is 1.13 bits per heavy atom. The van der Waals surface area contributed by atoms with Crippen LogP contribution < -0.4 is 29.6 Å². The minimum Gasteiger partial charge on any atom is -0.744 e. The van der Waals surface area contributed by atoms with Crippen LogP contribution in [0.15, 0.2) is 47.4 Å². The molecule has 7 nitrogen and oxygen atoms in total. The van der Waals surface area contributed by atoms with Crippen LogP contribution in [0.4, 0.5) is 0 Å². The van der Waals surface area contributed by atoms with E-state index in [1.807, 2.05) is 0 Å². The van der Waals surface area contributed by atoms with Gasteiger partial charge in [0.1, 0.15) is 10.1 Å². The number of benzene rings is 1. The third kappa shape index (κ3) is 29.5. The van der Waals surface area contributed by atoms with Crippen molar-refractivity contribution in [1.29, 1.82) is 0 Å². The summed E-state index contributed by atoms with van der Waals surface area (Å²) in [5.74, 6) is -1.55. The number of esters is 2. The first kappa shape index (κ1) is 51.5. The number of unbranched alkanes of at least 4 members (excludes halogenated alkanes) is 26. The molecule has 0 saturated carbocycles. The molecule has 0 aliphatic carbocycles. The maximum absolute atomic E-state index is 12.9. The van der Waals surface area contributed by atoms with E-state index >= 15 is 0 Å². The van der Waals surface area contributed by atoms with Gasteiger partial charge in [0.05, 0.1) is 29.2 Å². The van der Waals surface area contributed by atoms with Gasteiger partial charge in [0.25, 0.3) is 0 Å². The maximum Gasteiger partial charge on any atom is 1.00 e. The molecule has 0 aromatic heterocycles. The maximum atomic E-state index is 12.9. The zero-order valence-electron chi connectivity index (χ0n) is 34.0. The molecule has 0 amide bonds. The van der Waals surface area contributed by atoms with E-state index in [9.17, 15) is 22.6 Å². The van der Waals surface area contributed by atoms with Gasteiger partial charge in [-0.15, -0.1) is 0 Å². The van der Waals surface area contributed by atoms with Gasteiger partial charge in [0.2, 0.25) is 0 Å². The Labute approximate surface area is 347 Å². The van der Waals surface area contributed by atoms with Crippen LogP contribution in [-0.4, -0.2) is 38.1 Å². The van der Waals surface area contributed by atoms with Gasteiger partial charge in [-0.05, 0) is 70.6 Å². The molecule has 0 spiro atoms. The SMILES string of the molecule is C/C=C/CCCCCCCCCCCCCCCOC(=O)c1ccc(S(=O)(=O)[O-])cc1C(=O)OCCCCCCCCCCCCCCC/C=C/C.[Na+]. The molecule has 298 valence electrons. The van der Waals surface area contributed by atoms with Crippen LogP contribution in [0.2, 0.25) is 0 Å². The number of ether oxygens (including phenoxy) is 2. The molecule has 0 radical (unpaired) electrons. The Balaban J connectivity index is 0.0000270. The second-order valence-corrected chi connectivity index (χ2v) is 15.7. The molecule has 0 unspecified atom stereocenters. The third-order valence-corrected chi connectivity index (χ3v) is 10.5. The number of allylic oxidation sites excluding steroid dienone is 4. The van der Waals surface area contributed by atoms with E-state index in [2.05, 4.69) is 38.2 Å². The predicted octanol–water partition coefficient (Wildman–Crippen LogP) is 9.98. The minimum absolute atomic E-state index is 0. The minimum atomic E-state index is -4.81. The van der Waals surface area contributed by atoms with Crippen LogP contribution >= 0.6 is 0 Å². The summed E-state index contributed by atoms with van der Waals surface area (Å²) in [6.07, 6.45) is 42.4. The van der Waals surface area contributed by atoms with Crippen LogP contribution in [0.5, 0.6) is 0 Å². The van der Waals surface area contributed by atoms with Crippen molar-refractivity contribution in [2.24, 2.45) is 0 Å². The Morgan fingerprint density at radius 1 is 0.509 bits per heavy atom. The zero-order chi connectivity index (χ0) is 38.0. The van der Waals surface area contributed by atoms with Crippen molar-refractivity contribution in [2.75, 3.05) is 13.2 Å². The molecule has 0 atom stereocenters. The monoisotopic (exact) mass is 768 g/mol. The van der Waals surface area contributed by atoms with E-state index in [-0.39, 0.29) is 53.9 Å². The van der Waals surface area contributed by atoms with E-state index < -0.39 is 27.0 Å². The first-order valence-corrected chi connectivity index (χ1v) is 22.4. The first-order chi connectivity index (χ1) is 25.3. The molecule has 1 aromatic rings. The van der Waals surface area contributed by atoms with Crippen LogP contribution in [0.3, 0.4) is 0 Å². The van der Waals surface area contributed by atoms with Gasteiger partial charge in [-0.2, -0.15) is 0 Å². The van der Waals surface area contributed by atoms with Crippen LogP contribution in [0.1, 0.15) is 214 Å². The van der Waals surface area contributed by atoms with Crippen molar-refractivity contribution >= 4 is 22.1 Å². The number of rotatable bonds is 35. The normalized spacial score (nSPS) is 11.7. The second kappa shape index (κ2) is 36.2. The van der Waals surface area contributed by atoms with E-state index in [1.165, 1.54) is 134 Å². The predicted molar refractivity (Wildman–Crippen MR) is 214 cm³/mol.